The molecular weight excluding hydrogens is 258 g/mol. The minimum atomic E-state index is -0.508. The summed E-state index contributed by atoms with van der Waals surface area (Å²) in [5.41, 5.74) is 6.68. The fourth-order valence-electron chi connectivity index (χ4n) is 1.76. The lowest BCUT2D eigenvalue weighted by atomic mass is 10.0. The van der Waals surface area contributed by atoms with E-state index in [-0.39, 0.29) is 22.2 Å². The summed E-state index contributed by atoms with van der Waals surface area (Å²) in [7, 11) is 0. The number of anilines is 1. The van der Waals surface area contributed by atoms with Crippen LogP contribution in [-0.2, 0) is 6.42 Å². The van der Waals surface area contributed by atoms with E-state index in [1.807, 2.05) is 6.92 Å². The van der Waals surface area contributed by atoms with Crippen molar-refractivity contribution in [1.29, 1.82) is 0 Å². The number of hydrogen-bond donors (Lipinski definition) is 1. The fraction of sp³-hybridized carbons (Fsp3) is 0.182. The summed E-state index contributed by atoms with van der Waals surface area (Å²) in [6, 6.07) is 4.44. The molecule has 1 aromatic heterocycles. The van der Waals surface area contributed by atoms with Crippen LogP contribution in [0.3, 0.4) is 0 Å². The monoisotopic (exact) mass is 267 g/mol. The van der Waals surface area contributed by atoms with Gasteiger partial charge in [-0.1, -0.05) is 29.7 Å². The van der Waals surface area contributed by atoms with Crippen LogP contribution < -0.4 is 5.73 Å². The average Bonchev–Trinajstić information content (AvgIpc) is 2.69. The third-order valence-electron chi connectivity index (χ3n) is 2.60. The second-order valence-corrected chi connectivity index (χ2v) is 4.03. The summed E-state index contributed by atoms with van der Waals surface area (Å²) in [6.45, 7) is 1.86. The Hall–Kier alpha value is -2.08. The van der Waals surface area contributed by atoms with Crippen LogP contribution in [0.15, 0.2) is 22.7 Å². The van der Waals surface area contributed by atoms with Crippen molar-refractivity contribution < 1.29 is 9.45 Å². The summed E-state index contributed by atoms with van der Waals surface area (Å²) < 4.78 is 4.88. The van der Waals surface area contributed by atoms with Crippen LogP contribution in [0.5, 0.6) is 0 Å². The van der Waals surface area contributed by atoms with Gasteiger partial charge in [0, 0.05) is 11.6 Å². The SMILES string of the molecule is CCc1c(-c2c(Cl)cccc2[N+](=O)[O-])noc1N. The van der Waals surface area contributed by atoms with Gasteiger partial charge in [-0.3, -0.25) is 10.1 Å². The Bertz CT molecular complexity index is 610. The summed E-state index contributed by atoms with van der Waals surface area (Å²) in [5.74, 6) is 0.154. The van der Waals surface area contributed by atoms with E-state index in [2.05, 4.69) is 5.16 Å². The van der Waals surface area contributed by atoms with Gasteiger partial charge in [0.2, 0.25) is 5.88 Å². The molecule has 0 amide bonds. The van der Waals surface area contributed by atoms with E-state index in [4.69, 9.17) is 21.9 Å². The molecule has 6 nitrogen and oxygen atoms in total. The molecule has 0 bridgehead atoms. The van der Waals surface area contributed by atoms with Crippen molar-refractivity contribution in [3.63, 3.8) is 0 Å². The largest absolute Gasteiger partial charge is 0.367 e. The number of nitro groups is 1. The maximum absolute atomic E-state index is 11.0. The number of nitrogens with two attached hydrogens (primary N) is 1. The van der Waals surface area contributed by atoms with E-state index < -0.39 is 4.92 Å². The molecule has 0 aliphatic carbocycles. The molecule has 0 saturated heterocycles. The zero-order chi connectivity index (χ0) is 13.3. The average molecular weight is 268 g/mol. The first-order valence-corrected chi connectivity index (χ1v) is 5.61. The molecule has 0 unspecified atom stereocenters. The number of nitrogens with zero attached hydrogens (tertiary/aromatic N) is 2. The van der Waals surface area contributed by atoms with Crippen molar-refractivity contribution in [2.45, 2.75) is 13.3 Å². The van der Waals surface area contributed by atoms with Crippen LogP contribution in [0, 0.1) is 10.1 Å². The van der Waals surface area contributed by atoms with Gasteiger partial charge in [0.25, 0.3) is 5.69 Å². The van der Waals surface area contributed by atoms with E-state index in [0.717, 1.165) is 0 Å². The van der Waals surface area contributed by atoms with Gasteiger partial charge in [0.1, 0.15) is 11.3 Å². The van der Waals surface area contributed by atoms with Gasteiger partial charge in [-0.05, 0) is 12.5 Å². The Morgan fingerprint density at radius 2 is 2.28 bits per heavy atom. The fourth-order valence-corrected chi connectivity index (χ4v) is 2.02. The zero-order valence-corrected chi connectivity index (χ0v) is 10.3. The van der Waals surface area contributed by atoms with Gasteiger partial charge in [0.15, 0.2) is 0 Å². The molecule has 1 heterocycles. The van der Waals surface area contributed by atoms with E-state index in [0.29, 0.717) is 17.7 Å². The van der Waals surface area contributed by atoms with Gasteiger partial charge < -0.3 is 10.3 Å². The van der Waals surface area contributed by atoms with Crippen LogP contribution in [0.25, 0.3) is 11.3 Å². The van der Waals surface area contributed by atoms with Crippen LogP contribution in [0.2, 0.25) is 5.02 Å². The molecule has 0 saturated carbocycles. The smallest absolute Gasteiger partial charge is 0.280 e. The van der Waals surface area contributed by atoms with Gasteiger partial charge in [-0.2, -0.15) is 0 Å². The van der Waals surface area contributed by atoms with E-state index >= 15 is 0 Å². The van der Waals surface area contributed by atoms with Crippen LogP contribution in [-0.4, -0.2) is 10.1 Å². The van der Waals surface area contributed by atoms with Crippen molar-refractivity contribution in [2.75, 3.05) is 5.73 Å². The lowest BCUT2D eigenvalue weighted by molar-refractivity contribution is -0.384. The summed E-state index contributed by atoms with van der Waals surface area (Å²) in [5, 5.41) is 15.0. The predicted molar refractivity (Wildman–Crippen MR) is 67.4 cm³/mol. The number of nitro benzene ring substituents is 1. The predicted octanol–water partition coefficient (Wildman–Crippen LogP) is 3.05. The molecule has 0 aliphatic rings. The summed E-state index contributed by atoms with van der Waals surface area (Å²) >= 11 is 6.02. The second kappa shape index (κ2) is 4.66. The molecule has 1 aromatic carbocycles. The number of rotatable bonds is 3. The van der Waals surface area contributed by atoms with E-state index in [1.54, 1.807) is 6.07 Å². The van der Waals surface area contributed by atoms with Crippen molar-refractivity contribution in [1.82, 2.24) is 5.16 Å². The van der Waals surface area contributed by atoms with Crippen molar-refractivity contribution in [3.8, 4) is 11.3 Å². The van der Waals surface area contributed by atoms with Crippen molar-refractivity contribution in [3.05, 3.63) is 38.9 Å². The normalized spacial score (nSPS) is 10.6. The first kappa shape index (κ1) is 12.4. The Labute approximate surface area is 107 Å². The first-order valence-electron chi connectivity index (χ1n) is 5.23. The van der Waals surface area contributed by atoms with Crippen LogP contribution in [0.1, 0.15) is 12.5 Å². The third-order valence-corrected chi connectivity index (χ3v) is 2.91. The van der Waals surface area contributed by atoms with Gasteiger partial charge >= 0.3 is 0 Å². The maximum atomic E-state index is 11.0. The summed E-state index contributed by atoms with van der Waals surface area (Å²) in [4.78, 5) is 10.5. The van der Waals surface area contributed by atoms with Crippen LogP contribution >= 0.6 is 11.6 Å². The Kier molecular flexibility index (Phi) is 3.20. The molecule has 0 spiro atoms. The number of aromatic nitrogens is 1. The Morgan fingerprint density at radius 3 is 2.89 bits per heavy atom. The first-order chi connectivity index (χ1) is 8.56. The van der Waals surface area contributed by atoms with Crippen LogP contribution in [0.4, 0.5) is 11.6 Å². The highest BCUT2D eigenvalue weighted by molar-refractivity contribution is 6.33. The highest BCUT2D eigenvalue weighted by Gasteiger charge is 2.24. The molecule has 2 N–H and O–H groups in total. The van der Waals surface area contributed by atoms with E-state index in [9.17, 15) is 10.1 Å². The maximum Gasteiger partial charge on any atom is 0.280 e. The van der Waals surface area contributed by atoms with Gasteiger partial charge in [-0.25, -0.2) is 0 Å². The quantitative estimate of drug-likeness (QED) is 0.681. The van der Waals surface area contributed by atoms with Gasteiger partial charge in [-0.15, -0.1) is 0 Å². The van der Waals surface area contributed by atoms with E-state index in [1.165, 1.54) is 12.1 Å². The minimum Gasteiger partial charge on any atom is -0.367 e. The van der Waals surface area contributed by atoms with Crippen molar-refractivity contribution in [2.24, 2.45) is 0 Å². The molecule has 0 atom stereocenters. The third kappa shape index (κ3) is 1.91. The van der Waals surface area contributed by atoms with Crippen molar-refractivity contribution >= 4 is 23.2 Å². The summed E-state index contributed by atoms with van der Waals surface area (Å²) in [6.07, 6.45) is 0.549. The lowest BCUT2D eigenvalue weighted by Crippen LogP contribution is -1.96. The Balaban J connectivity index is 2.74. The molecule has 2 rings (SSSR count). The number of nitrogen functional groups attached to an aromatic ring is 1. The zero-order valence-electron chi connectivity index (χ0n) is 9.51. The highest BCUT2D eigenvalue weighted by atomic mass is 35.5. The number of benzene rings is 1. The number of halogens is 1. The highest BCUT2D eigenvalue weighted by Crippen LogP contribution is 2.38. The lowest BCUT2D eigenvalue weighted by Gasteiger charge is -2.03. The molecule has 18 heavy (non-hydrogen) atoms. The van der Waals surface area contributed by atoms with Gasteiger partial charge in [0.05, 0.1) is 9.95 Å². The molecule has 7 heteroatoms. The molecule has 0 aliphatic heterocycles. The standard InChI is InChI=1S/C11H10ClN3O3/c1-2-6-10(14-18-11(6)13)9-7(12)4-3-5-8(9)15(16)17/h3-5H,2,13H2,1H3. The topological polar surface area (TPSA) is 95.2 Å². The molecule has 0 fully saturated rings. The minimum absolute atomic E-state index is 0.120. The second-order valence-electron chi connectivity index (χ2n) is 3.62. The molecule has 2 aromatic rings. The molecule has 94 valence electrons. The Morgan fingerprint density at radius 1 is 1.56 bits per heavy atom. The molecule has 0 radical (unpaired) electrons. The number of hydrogen-bond acceptors (Lipinski definition) is 5. The molecular formula is C11H10ClN3O3.